The highest BCUT2D eigenvalue weighted by molar-refractivity contribution is 6.36. The van der Waals surface area contributed by atoms with Crippen molar-refractivity contribution >= 4 is 52.2 Å². The van der Waals surface area contributed by atoms with Crippen LogP contribution in [0.4, 0.5) is 26.2 Å². The Bertz CT molecular complexity index is 1140. The Labute approximate surface area is 195 Å². The van der Waals surface area contributed by atoms with E-state index in [1.165, 1.54) is 18.2 Å². The van der Waals surface area contributed by atoms with Crippen molar-refractivity contribution in [2.24, 2.45) is 0 Å². The predicted molar refractivity (Wildman–Crippen MR) is 127 cm³/mol. The number of carbonyl (C=O) groups is 2. The summed E-state index contributed by atoms with van der Waals surface area (Å²) in [5.74, 6) is -0.672. The van der Waals surface area contributed by atoms with Crippen molar-refractivity contribution in [3.05, 3.63) is 87.7 Å². The van der Waals surface area contributed by atoms with E-state index >= 15 is 0 Å². The van der Waals surface area contributed by atoms with Gasteiger partial charge < -0.3 is 20.9 Å². The molecule has 3 amide bonds. The molecule has 3 aromatic rings. The number of nitrogens with zero attached hydrogens (tertiary/aromatic N) is 1. The summed E-state index contributed by atoms with van der Waals surface area (Å²) >= 11 is 12.0. The SMILES string of the molecule is CN(C)c1ccc(NC(=O)Nc2ccc(Cl)cc2Cl)cc1C(=O)NCc1ccc(F)cc1. The van der Waals surface area contributed by atoms with Crippen LogP contribution in [0.15, 0.2) is 60.7 Å². The molecule has 166 valence electrons. The number of rotatable bonds is 6. The fraction of sp³-hybridized carbons (Fsp3) is 0.130. The summed E-state index contributed by atoms with van der Waals surface area (Å²) < 4.78 is 13.1. The van der Waals surface area contributed by atoms with E-state index in [0.29, 0.717) is 32.7 Å². The summed E-state index contributed by atoms with van der Waals surface area (Å²) in [5, 5.41) is 8.91. The zero-order chi connectivity index (χ0) is 23.3. The predicted octanol–water partition coefficient (Wildman–Crippen LogP) is 5.77. The van der Waals surface area contributed by atoms with E-state index in [2.05, 4.69) is 16.0 Å². The molecule has 0 saturated heterocycles. The first-order valence-electron chi connectivity index (χ1n) is 9.60. The number of anilines is 3. The number of benzene rings is 3. The molecule has 0 aliphatic heterocycles. The summed E-state index contributed by atoms with van der Waals surface area (Å²) in [6.07, 6.45) is 0. The van der Waals surface area contributed by atoms with Crippen LogP contribution in [0.1, 0.15) is 15.9 Å². The van der Waals surface area contributed by atoms with Gasteiger partial charge in [-0.3, -0.25) is 4.79 Å². The maximum Gasteiger partial charge on any atom is 0.323 e. The van der Waals surface area contributed by atoms with Crippen LogP contribution in [0.5, 0.6) is 0 Å². The lowest BCUT2D eigenvalue weighted by molar-refractivity contribution is 0.0951. The maximum absolute atomic E-state index is 13.1. The van der Waals surface area contributed by atoms with Gasteiger partial charge in [0.25, 0.3) is 5.91 Å². The number of carbonyl (C=O) groups excluding carboxylic acids is 2. The van der Waals surface area contributed by atoms with Gasteiger partial charge in [0.15, 0.2) is 0 Å². The van der Waals surface area contributed by atoms with Gasteiger partial charge in [-0.15, -0.1) is 0 Å². The van der Waals surface area contributed by atoms with Crippen LogP contribution in [0.2, 0.25) is 10.0 Å². The van der Waals surface area contributed by atoms with E-state index in [1.807, 2.05) is 14.1 Å². The molecule has 3 rings (SSSR count). The highest BCUT2D eigenvalue weighted by Gasteiger charge is 2.15. The van der Waals surface area contributed by atoms with Crippen LogP contribution >= 0.6 is 23.2 Å². The van der Waals surface area contributed by atoms with Gasteiger partial charge in [0.2, 0.25) is 0 Å². The Kier molecular flexibility index (Phi) is 7.56. The minimum Gasteiger partial charge on any atom is -0.377 e. The standard InChI is InChI=1S/C23H21Cl2FN4O2/c1-30(2)21-10-8-17(28-23(32)29-20-9-5-15(24)11-19(20)25)12-18(21)22(31)27-13-14-3-6-16(26)7-4-14/h3-12H,13H2,1-2H3,(H,27,31)(H2,28,29,32). The smallest absolute Gasteiger partial charge is 0.323 e. The number of nitrogens with one attached hydrogen (secondary N) is 3. The number of urea groups is 1. The van der Waals surface area contributed by atoms with Gasteiger partial charge >= 0.3 is 6.03 Å². The Hall–Kier alpha value is -3.29. The second-order valence-electron chi connectivity index (χ2n) is 7.14. The van der Waals surface area contributed by atoms with Gasteiger partial charge in [0.1, 0.15) is 5.82 Å². The van der Waals surface area contributed by atoms with E-state index in [0.717, 1.165) is 5.56 Å². The number of amides is 3. The Morgan fingerprint density at radius 3 is 2.31 bits per heavy atom. The first-order valence-corrected chi connectivity index (χ1v) is 10.4. The molecule has 0 aliphatic rings. The lowest BCUT2D eigenvalue weighted by Gasteiger charge is -2.19. The van der Waals surface area contributed by atoms with E-state index in [9.17, 15) is 14.0 Å². The van der Waals surface area contributed by atoms with Gasteiger partial charge in [-0.1, -0.05) is 35.3 Å². The molecule has 0 radical (unpaired) electrons. The summed E-state index contributed by atoms with van der Waals surface area (Å²) in [7, 11) is 3.63. The van der Waals surface area contributed by atoms with E-state index in [4.69, 9.17) is 23.2 Å². The average Bonchev–Trinajstić information content (AvgIpc) is 2.75. The highest BCUT2D eigenvalue weighted by Crippen LogP contribution is 2.26. The van der Waals surface area contributed by atoms with Crippen LogP contribution in [-0.4, -0.2) is 26.0 Å². The topological polar surface area (TPSA) is 73.5 Å². The Balaban J connectivity index is 1.73. The van der Waals surface area contributed by atoms with E-state index in [1.54, 1.807) is 47.4 Å². The third-order valence-corrected chi connectivity index (χ3v) is 5.07. The fourth-order valence-corrected chi connectivity index (χ4v) is 3.40. The quantitative estimate of drug-likeness (QED) is 0.424. The fourth-order valence-electron chi connectivity index (χ4n) is 2.94. The minimum atomic E-state index is -0.524. The molecular weight excluding hydrogens is 454 g/mol. The van der Waals surface area contributed by atoms with Crippen molar-refractivity contribution in [3.63, 3.8) is 0 Å². The summed E-state index contributed by atoms with van der Waals surface area (Å²) in [6, 6.07) is 15.1. The van der Waals surface area contributed by atoms with Gasteiger partial charge in [0, 0.05) is 37.0 Å². The number of hydrogen-bond donors (Lipinski definition) is 3. The average molecular weight is 475 g/mol. The maximum atomic E-state index is 13.1. The molecule has 9 heteroatoms. The molecule has 0 saturated carbocycles. The molecule has 0 atom stereocenters. The summed E-state index contributed by atoms with van der Waals surface area (Å²) in [5.41, 5.74) is 2.63. The third kappa shape index (κ3) is 6.12. The molecule has 0 bridgehead atoms. The van der Waals surface area contributed by atoms with Crippen molar-refractivity contribution < 1.29 is 14.0 Å². The zero-order valence-corrected chi connectivity index (χ0v) is 18.9. The Morgan fingerprint density at radius 1 is 0.938 bits per heavy atom. The molecular formula is C23H21Cl2FN4O2. The van der Waals surface area contributed by atoms with Crippen LogP contribution in [0.3, 0.4) is 0 Å². The zero-order valence-electron chi connectivity index (χ0n) is 17.4. The summed E-state index contributed by atoms with van der Waals surface area (Å²) in [4.78, 5) is 27.0. The lowest BCUT2D eigenvalue weighted by atomic mass is 10.1. The molecule has 6 nitrogen and oxygen atoms in total. The molecule has 32 heavy (non-hydrogen) atoms. The van der Waals surface area contributed by atoms with Crippen LogP contribution < -0.4 is 20.9 Å². The van der Waals surface area contributed by atoms with Crippen molar-refractivity contribution in [1.29, 1.82) is 0 Å². The number of halogens is 3. The first kappa shape index (κ1) is 23.4. The van der Waals surface area contributed by atoms with Gasteiger partial charge in [-0.25, -0.2) is 9.18 Å². The number of hydrogen-bond acceptors (Lipinski definition) is 3. The molecule has 0 unspecified atom stereocenters. The lowest BCUT2D eigenvalue weighted by Crippen LogP contribution is -2.26. The van der Waals surface area contributed by atoms with Crippen LogP contribution in [-0.2, 0) is 6.54 Å². The van der Waals surface area contributed by atoms with Crippen LogP contribution in [0.25, 0.3) is 0 Å². The molecule has 3 aromatic carbocycles. The molecule has 0 heterocycles. The largest absolute Gasteiger partial charge is 0.377 e. The first-order chi connectivity index (χ1) is 15.2. The second kappa shape index (κ2) is 10.3. The monoisotopic (exact) mass is 474 g/mol. The van der Waals surface area contributed by atoms with Gasteiger partial charge in [-0.2, -0.15) is 0 Å². The van der Waals surface area contributed by atoms with Gasteiger partial charge in [0.05, 0.1) is 16.3 Å². The molecule has 0 fully saturated rings. The Morgan fingerprint density at radius 2 is 1.66 bits per heavy atom. The molecule has 0 aliphatic carbocycles. The van der Waals surface area contributed by atoms with Crippen molar-refractivity contribution in [2.45, 2.75) is 6.54 Å². The van der Waals surface area contributed by atoms with Crippen LogP contribution in [0, 0.1) is 5.82 Å². The van der Waals surface area contributed by atoms with E-state index < -0.39 is 6.03 Å². The molecule has 0 spiro atoms. The molecule has 0 aromatic heterocycles. The minimum absolute atomic E-state index is 0.235. The van der Waals surface area contributed by atoms with Crippen molar-refractivity contribution in [1.82, 2.24) is 5.32 Å². The normalized spacial score (nSPS) is 10.4. The second-order valence-corrected chi connectivity index (χ2v) is 7.98. The molecule has 3 N–H and O–H groups in total. The van der Waals surface area contributed by atoms with Crippen molar-refractivity contribution in [3.8, 4) is 0 Å². The third-order valence-electron chi connectivity index (χ3n) is 4.53. The van der Waals surface area contributed by atoms with Gasteiger partial charge in [-0.05, 0) is 54.1 Å². The highest BCUT2D eigenvalue weighted by atomic mass is 35.5. The van der Waals surface area contributed by atoms with Crippen molar-refractivity contribution in [2.75, 3.05) is 29.6 Å². The summed E-state index contributed by atoms with van der Waals surface area (Å²) in [6.45, 7) is 0.235. The van der Waals surface area contributed by atoms with E-state index in [-0.39, 0.29) is 18.3 Å².